The second kappa shape index (κ2) is 11.1. The van der Waals surface area contributed by atoms with E-state index in [1.165, 1.54) is 22.8 Å². The van der Waals surface area contributed by atoms with Gasteiger partial charge in [0.25, 0.3) is 5.91 Å². The third-order valence-corrected chi connectivity index (χ3v) is 8.77. The third-order valence-electron chi connectivity index (χ3n) is 7.26. The molecule has 1 fully saturated rings. The van der Waals surface area contributed by atoms with Crippen molar-refractivity contribution in [3.8, 4) is 5.69 Å². The molecule has 1 aliphatic rings. The number of aromatic nitrogens is 5. The number of halogens is 3. The number of carbonyl (C=O) groups excluding carboxylic acids is 1. The minimum atomic E-state index is -4.44. The van der Waals surface area contributed by atoms with Gasteiger partial charge in [-0.05, 0) is 62.2 Å². The minimum absolute atomic E-state index is 0.0341. The Bertz CT molecular complexity index is 1760. The highest BCUT2D eigenvalue weighted by Gasteiger charge is 2.31. The molecule has 0 bridgehead atoms. The van der Waals surface area contributed by atoms with Gasteiger partial charge in [-0.25, -0.2) is 22.7 Å². The highest BCUT2D eigenvalue weighted by molar-refractivity contribution is 7.82. The van der Waals surface area contributed by atoms with Gasteiger partial charge in [0.15, 0.2) is 5.65 Å². The van der Waals surface area contributed by atoms with Gasteiger partial charge < -0.3 is 5.32 Å². The van der Waals surface area contributed by atoms with Crippen LogP contribution in [0.4, 0.5) is 19.0 Å². The van der Waals surface area contributed by atoms with Crippen LogP contribution < -0.4 is 5.32 Å². The fourth-order valence-corrected chi connectivity index (χ4v) is 6.18. The number of hydrogen-bond acceptors (Lipinski definition) is 5. The summed E-state index contributed by atoms with van der Waals surface area (Å²) in [7, 11) is -1.57. The number of aryl methyl sites for hydroxylation is 1. The number of alkyl halides is 3. The Kier molecular flexibility index (Phi) is 7.37. The van der Waals surface area contributed by atoms with Crippen LogP contribution in [0.15, 0.2) is 84.1 Å². The SMILES string of the molecule is Cc1ccc(-n2nc(C3CCN(S(=O)c4ccc(C(F)(F)F)cc4)CC3)cc2NC(=O)c2cnn3cccnc23)cc1. The van der Waals surface area contributed by atoms with Gasteiger partial charge in [0.1, 0.15) is 22.4 Å². The molecular formula is C29H26F3N7O2S. The number of amides is 1. The molecule has 9 nitrogen and oxygen atoms in total. The van der Waals surface area contributed by atoms with E-state index in [0.717, 1.165) is 29.1 Å². The summed E-state index contributed by atoms with van der Waals surface area (Å²) in [6.07, 6.45) is 1.62. The smallest absolute Gasteiger partial charge is 0.306 e. The number of fused-ring (bicyclic) bond motifs is 1. The first-order chi connectivity index (χ1) is 20.2. The van der Waals surface area contributed by atoms with Crippen LogP contribution in [0.5, 0.6) is 0 Å². The fraction of sp³-hybridized carbons (Fsp3) is 0.241. The molecule has 1 atom stereocenters. The van der Waals surface area contributed by atoms with Crippen molar-refractivity contribution in [1.82, 2.24) is 28.7 Å². The van der Waals surface area contributed by atoms with E-state index in [9.17, 15) is 22.2 Å². The summed E-state index contributed by atoms with van der Waals surface area (Å²) in [6.45, 7) is 2.94. The molecule has 0 radical (unpaired) electrons. The van der Waals surface area contributed by atoms with E-state index in [4.69, 9.17) is 5.10 Å². The van der Waals surface area contributed by atoms with Gasteiger partial charge in [-0.2, -0.15) is 23.4 Å². The summed E-state index contributed by atoms with van der Waals surface area (Å²) in [5.74, 6) is 0.155. The highest BCUT2D eigenvalue weighted by Crippen LogP contribution is 2.33. The zero-order valence-electron chi connectivity index (χ0n) is 22.5. The number of benzene rings is 2. The van der Waals surface area contributed by atoms with Crippen molar-refractivity contribution in [3.05, 3.63) is 102 Å². The van der Waals surface area contributed by atoms with Gasteiger partial charge in [-0.3, -0.25) is 4.79 Å². The Morgan fingerprint density at radius 3 is 2.45 bits per heavy atom. The number of anilines is 1. The lowest BCUT2D eigenvalue weighted by molar-refractivity contribution is -0.137. The fourth-order valence-electron chi connectivity index (χ4n) is 4.97. The normalized spacial score (nSPS) is 15.6. The second-order valence-corrected chi connectivity index (χ2v) is 11.6. The van der Waals surface area contributed by atoms with E-state index in [1.807, 2.05) is 37.3 Å². The van der Waals surface area contributed by atoms with Crippen LogP contribution in [0, 0.1) is 6.92 Å². The molecule has 42 heavy (non-hydrogen) atoms. The molecule has 4 heterocycles. The van der Waals surface area contributed by atoms with Crippen LogP contribution in [0.3, 0.4) is 0 Å². The number of hydrogen-bond donors (Lipinski definition) is 1. The quantitative estimate of drug-likeness (QED) is 0.285. The average Bonchev–Trinajstić information content (AvgIpc) is 3.62. The van der Waals surface area contributed by atoms with Crippen LogP contribution in [0.1, 0.15) is 45.9 Å². The van der Waals surface area contributed by atoms with Gasteiger partial charge in [0.2, 0.25) is 0 Å². The summed E-state index contributed by atoms with van der Waals surface area (Å²) in [6, 6.07) is 15.8. The van der Waals surface area contributed by atoms with Gasteiger partial charge in [0, 0.05) is 37.5 Å². The van der Waals surface area contributed by atoms with E-state index < -0.39 is 22.7 Å². The van der Waals surface area contributed by atoms with E-state index in [2.05, 4.69) is 15.4 Å². The molecule has 0 spiro atoms. The molecule has 1 unspecified atom stereocenters. The molecule has 13 heteroatoms. The number of nitrogens with one attached hydrogen (secondary N) is 1. The Morgan fingerprint density at radius 2 is 1.76 bits per heavy atom. The molecule has 0 saturated carbocycles. The second-order valence-electron chi connectivity index (χ2n) is 10.1. The zero-order valence-corrected chi connectivity index (χ0v) is 23.3. The van der Waals surface area contributed by atoms with Crippen LogP contribution in [0.25, 0.3) is 11.3 Å². The minimum Gasteiger partial charge on any atom is -0.306 e. The number of nitrogens with zero attached hydrogens (tertiary/aromatic N) is 6. The number of carbonyl (C=O) groups is 1. The first-order valence-electron chi connectivity index (χ1n) is 13.3. The first-order valence-corrected chi connectivity index (χ1v) is 14.4. The Morgan fingerprint density at radius 1 is 1.05 bits per heavy atom. The maximum Gasteiger partial charge on any atom is 0.416 e. The van der Waals surface area contributed by atoms with E-state index >= 15 is 0 Å². The largest absolute Gasteiger partial charge is 0.416 e. The zero-order chi connectivity index (χ0) is 29.4. The van der Waals surface area contributed by atoms with Crippen molar-refractivity contribution in [2.75, 3.05) is 18.4 Å². The summed E-state index contributed by atoms with van der Waals surface area (Å²) in [5.41, 5.74) is 2.64. The molecule has 1 N–H and O–H groups in total. The van der Waals surface area contributed by atoms with Crippen molar-refractivity contribution >= 4 is 28.4 Å². The van der Waals surface area contributed by atoms with Crippen molar-refractivity contribution in [2.24, 2.45) is 0 Å². The summed E-state index contributed by atoms with van der Waals surface area (Å²) in [5, 5.41) is 12.0. The summed E-state index contributed by atoms with van der Waals surface area (Å²) in [4.78, 5) is 17.9. The van der Waals surface area contributed by atoms with Crippen molar-refractivity contribution in [1.29, 1.82) is 0 Å². The topological polar surface area (TPSA) is 97.4 Å². The van der Waals surface area contributed by atoms with Gasteiger partial charge in [-0.1, -0.05) is 17.7 Å². The molecule has 2 aromatic carbocycles. The summed E-state index contributed by atoms with van der Waals surface area (Å²) < 4.78 is 56.8. The van der Waals surface area contributed by atoms with E-state index in [-0.39, 0.29) is 11.8 Å². The molecule has 1 saturated heterocycles. The van der Waals surface area contributed by atoms with Crippen LogP contribution in [-0.4, -0.2) is 51.9 Å². The predicted molar refractivity (Wildman–Crippen MR) is 151 cm³/mol. The molecule has 3 aromatic heterocycles. The average molecular weight is 594 g/mol. The summed E-state index contributed by atoms with van der Waals surface area (Å²) >= 11 is 0. The standard InChI is InChI=1S/C29H26F3N7O2S/c1-19-3-7-22(8-4-19)39-26(35-28(40)24-18-34-38-14-2-13-33-27(24)38)17-25(36-39)20-11-15-37(16-12-20)42(41)23-9-5-21(6-10-23)29(30,31)32/h2-10,13-14,17-18,20H,11-12,15-16H2,1H3,(H,35,40). The number of piperidine rings is 1. The molecule has 6 rings (SSSR count). The predicted octanol–water partition coefficient (Wildman–Crippen LogP) is 5.40. The third kappa shape index (κ3) is 5.57. The number of rotatable bonds is 6. The van der Waals surface area contributed by atoms with Crippen LogP contribution in [0.2, 0.25) is 0 Å². The van der Waals surface area contributed by atoms with Gasteiger partial charge >= 0.3 is 6.18 Å². The van der Waals surface area contributed by atoms with Crippen molar-refractivity contribution < 1.29 is 22.2 Å². The van der Waals surface area contributed by atoms with Crippen LogP contribution in [-0.2, 0) is 17.2 Å². The van der Waals surface area contributed by atoms with Gasteiger partial charge in [0.05, 0.1) is 28.0 Å². The highest BCUT2D eigenvalue weighted by atomic mass is 32.2. The van der Waals surface area contributed by atoms with E-state index in [1.54, 1.807) is 27.4 Å². The molecule has 5 aromatic rings. The van der Waals surface area contributed by atoms with Gasteiger partial charge in [-0.15, -0.1) is 0 Å². The maximum absolute atomic E-state index is 13.3. The maximum atomic E-state index is 13.3. The lowest BCUT2D eigenvalue weighted by atomic mass is 9.95. The lowest BCUT2D eigenvalue weighted by Crippen LogP contribution is -2.34. The Balaban J connectivity index is 1.21. The van der Waals surface area contributed by atoms with Crippen LogP contribution >= 0.6 is 0 Å². The molecule has 0 aliphatic carbocycles. The monoisotopic (exact) mass is 593 g/mol. The molecular weight excluding hydrogens is 567 g/mol. The molecule has 1 aliphatic heterocycles. The van der Waals surface area contributed by atoms with Crippen molar-refractivity contribution in [2.45, 2.75) is 36.8 Å². The molecule has 1 amide bonds. The van der Waals surface area contributed by atoms with Crippen molar-refractivity contribution in [3.63, 3.8) is 0 Å². The first kappa shape index (κ1) is 27.8. The Hall–Kier alpha value is -4.36. The lowest BCUT2D eigenvalue weighted by Gasteiger charge is -2.30. The Labute approximate surface area is 241 Å². The van der Waals surface area contributed by atoms with E-state index in [0.29, 0.717) is 47.9 Å². The molecule has 216 valence electrons.